The summed E-state index contributed by atoms with van der Waals surface area (Å²) in [7, 11) is 0. The molecule has 7 heteroatoms. The number of thiophene rings is 1. The van der Waals surface area contributed by atoms with E-state index in [1.807, 2.05) is 24.3 Å². The molecule has 2 aromatic rings. The SMILES string of the molecule is O=C(C1=C(O)C(=O)N(C[C@@H]2CCCO2)[C@H]1c1ccc(Br)cc1)c1cccs1. The van der Waals surface area contributed by atoms with E-state index in [1.165, 1.54) is 11.3 Å². The Labute approximate surface area is 169 Å². The number of carbonyl (C=O) groups is 2. The molecule has 2 aliphatic rings. The number of hydrogen-bond acceptors (Lipinski definition) is 5. The highest BCUT2D eigenvalue weighted by Gasteiger charge is 2.44. The van der Waals surface area contributed by atoms with Crippen molar-refractivity contribution < 1.29 is 19.4 Å². The Morgan fingerprint density at radius 3 is 2.70 bits per heavy atom. The molecule has 2 aliphatic heterocycles. The Kier molecular flexibility index (Phi) is 5.16. The lowest BCUT2D eigenvalue weighted by molar-refractivity contribution is -0.131. The minimum Gasteiger partial charge on any atom is -0.503 e. The minimum atomic E-state index is -0.621. The monoisotopic (exact) mass is 447 g/mol. The summed E-state index contributed by atoms with van der Waals surface area (Å²) in [5.74, 6) is -1.28. The molecule has 0 saturated carbocycles. The number of ether oxygens (including phenoxy) is 1. The number of amides is 1. The molecule has 3 heterocycles. The van der Waals surface area contributed by atoms with E-state index in [9.17, 15) is 14.7 Å². The Balaban J connectivity index is 1.75. The third-order valence-electron chi connectivity index (χ3n) is 4.90. The van der Waals surface area contributed by atoms with Crippen LogP contribution in [0.2, 0.25) is 0 Å². The van der Waals surface area contributed by atoms with Gasteiger partial charge >= 0.3 is 0 Å². The van der Waals surface area contributed by atoms with Crippen LogP contribution < -0.4 is 0 Å². The van der Waals surface area contributed by atoms with Gasteiger partial charge < -0.3 is 14.7 Å². The van der Waals surface area contributed by atoms with E-state index in [-0.39, 0.29) is 17.5 Å². The average Bonchev–Trinajstić information content (AvgIpc) is 3.41. The van der Waals surface area contributed by atoms with Gasteiger partial charge in [-0.1, -0.05) is 34.1 Å². The van der Waals surface area contributed by atoms with Crippen molar-refractivity contribution in [3.63, 3.8) is 0 Å². The topological polar surface area (TPSA) is 66.8 Å². The fraction of sp³-hybridized carbons (Fsp3) is 0.300. The third kappa shape index (κ3) is 3.47. The summed E-state index contributed by atoms with van der Waals surface area (Å²) in [5, 5.41) is 12.4. The summed E-state index contributed by atoms with van der Waals surface area (Å²) in [6, 6.07) is 10.3. The molecule has 140 valence electrons. The molecule has 0 spiro atoms. The molecule has 0 aliphatic carbocycles. The standard InChI is InChI=1S/C20H18BrNO4S/c21-13-7-5-12(6-8-13)17-16(18(23)15-4-2-10-27-15)19(24)20(25)22(17)11-14-3-1-9-26-14/h2,4-8,10,14,17,24H,1,3,9,11H2/t14-,17-/m0/s1. The highest BCUT2D eigenvalue weighted by molar-refractivity contribution is 9.10. The zero-order valence-electron chi connectivity index (χ0n) is 14.4. The van der Waals surface area contributed by atoms with Crippen LogP contribution in [0.5, 0.6) is 0 Å². The number of nitrogens with zero attached hydrogens (tertiary/aromatic N) is 1. The predicted octanol–water partition coefficient (Wildman–Crippen LogP) is 4.27. The van der Waals surface area contributed by atoms with Crippen LogP contribution in [0.25, 0.3) is 0 Å². The van der Waals surface area contributed by atoms with E-state index in [2.05, 4.69) is 15.9 Å². The first-order valence-corrected chi connectivity index (χ1v) is 10.4. The molecule has 0 unspecified atom stereocenters. The van der Waals surface area contributed by atoms with Crippen molar-refractivity contribution in [2.75, 3.05) is 13.2 Å². The van der Waals surface area contributed by atoms with Gasteiger partial charge in [-0.3, -0.25) is 9.59 Å². The fourth-order valence-corrected chi connectivity index (χ4v) is 4.56. The number of aliphatic hydroxyl groups excluding tert-OH is 1. The predicted molar refractivity (Wildman–Crippen MR) is 106 cm³/mol. The van der Waals surface area contributed by atoms with Gasteiger partial charge in [0.15, 0.2) is 5.76 Å². The summed E-state index contributed by atoms with van der Waals surface area (Å²) in [5.41, 5.74) is 0.927. The molecule has 4 rings (SSSR count). The molecule has 27 heavy (non-hydrogen) atoms. The summed E-state index contributed by atoms with van der Waals surface area (Å²) < 4.78 is 6.59. The van der Waals surface area contributed by atoms with Gasteiger partial charge in [-0.05, 0) is 42.0 Å². The van der Waals surface area contributed by atoms with Gasteiger partial charge in [0.2, 0.25) is 5.78 Å². The van der Waals surface area contributed by atoms with E-state index >= 15 is 0 Å². The first-order valence-electron chi connectivity index (χ1n) is 8.75. The molecule has 5 nitrogen and oxygen atoms in total. The van der Waals surface area contributed by atoms with Crippen molar-refractivity contribution in [1.82, 2.24) is 4.90 Å². The second-order valence-corrected chi connectivity index (χ2v) is 8.48. The molecular weight excluding hydrogens is 430 g/mol. The van der Waals surface area contributed by atoms with Crippen LogP contribution in [-0.2, 0) is 9.53 Å². The van der Waals surface area contributed by atoms with Crippen molar-refractivity contribution >= 4 is 39.0 Å². The second-order valence-electron chi connectivity index (χ2n) is 6.62. The normalized spacial score (nSPS) is 22.7. The van der Waals surface area contributed by atoms with Gasteiger partial charge in [0.25, 0.3) is 5.91 Å². The molecule has 0 bridgehead atoms. The lowest BCUT2D eigenvalue weighted by Gasteiger charge is -2.28. The van der Waals surface area contributed by atoms with Gasteiger partial charge in [0.05, 0.1) is 22.6 Å². The van der Waals surface area contributed by atoms with Crippen LogP contribution in [0.3, 0.4) is 0 Å². The number of benzene rings is 1. The lowest BCUT2D eigenvalue weighted by atomic mass is 9.95. The largest absolute Gasteiger partial charge is 0.503 e. The second kappa shape index (κ2) is 7.58. The lowest BCUT2D eigenvalue weighted by Crippen LogP contribution is -2.37. The van der Waals surface area contributed by atoms with Gasteiger partial charge in [0.1, 0.15) is 0 Å². The number of Topliss-reactive ketones (excluding diaryl/α,β-unsaturated/α-hetero) is 1. The smallest absolute Gasteiger partial charge is 0.290 e. The van der Waals surface area contributed by atoms with E-state index in [0.29, 0.717) is 18.0 Å². The van der Waals surface area contributed by atoms with Gasteiger partial charge in [0, 0.05) is 17.6 Å². The highest BCUT2D eigenvalue weighted by Crippen LogP contribution is 2.40. The molecule has 1 saturated heterocycles. The zero-order chi connectivity index (χ0) is 19.0. The van der Waals surface area contributed by atoms with E-state index in [1.54, 1.807) is 22.4 Å². The average molecular weight is 448 g/mol. The molecule has 1 amide bonds. The van der Waals surface area contributed by atoms with Gasteiger partial charge in [-0.25, -0.2) is 0 Å². The number of aliphatic hydroxyl groups is 1. The van der Waals surface area contributed by atoms with Crippen LogP contribution in [0, 0.1) is 0 Å². The quantitative estimate of drug-likeness (QED) is 0.694. The van der Waals surface area contributed by atoms with Crippen molar-refractivity contribution in [3.8, 4) is 0 Å². The number of ketones is 1. The molecular formula is C20H18BrNO4S. The van der Waals surface area contributed by atoms with Crippen molar-refractivity contribution in [2.24, 2.45) is 0 Å². The van der Waals surface area contributed by atoms with E-state index in [0.717, 1.165) is 22.9 Å². The van der Waals surface area contributed by atoms with Crippen LogP contribution in [0.4, 0.5) is 0 Å². The van der Waals surface area contributed by atoms with Gasteiger partial charge in [-0.15, -0.1) is 11.3 Å². The van der Waals surface area contributed by atoms with Crippen molar-refractivity contribution in [2.45, 2.75) is 25.0 Å². The van der Waals surface area contributed by atoms with Crippen LogP contribution in [-0.4, -0.2) is 41.0 Å². The number of halogens is 1. The summed E-state index contributed by atoms with van der Waals surface area (Å²) in [6.07, 6.45) is 1.75. The number of carbonyl (C=O) groups excluding carboxylic acids is 2. The Bertz CT molecular complexity index is 885. The van der Waals surface area contributed by atoms with Crippen molar-refractivity contribution in [1.29, 1.82) is 0 Å². The first-order chi connectivity index (χ1) is 13.1. The highest BCUT2D eigenvalue weighted by atomic mass is 79.9. The minimum absolute atomic E-state index is 0.0733. The molecule has 1 N–H and O–H groups in total. The molecule has 0 radical (unpaired) electrons. The van der Waals surface area contributed by atoms with Crippen LogP contribution in [0.15, 0.2) is 57.6 Å². The maximum Gasteiger partial charge on any atom is 0.290 e. The summed E-state index contributed by atoms with van der Waals surface area (Å²) >= 11 is 4.71. The Hall–Kier alpha value is -1.96. The molecule has 1 fully saturated rings. The third-order valence-corrected chi connectivity index (χ3v) is 6.30. The molecule has 2 atom stereocenters. The zero-order valence-corrected chi connectivity index (χ0v) is 16.8. The maximum atomic E-state index is 13.1. The Morgan fingerprint density at radius 1 is 1.30 bits per heavy atom. The first kappa shape index (κ1) is 18.4. The van der Waals surface area contributed by atoms with Crippen LogP contribution >= 0.6 is 27.3 Å². The summed E-state index contributed by atoms with van der Waals surface area (Å²) in [6.45, 7) is 1.03. The van der Waals surface area contributed by atoms with E-state index in [4.69, 9.17) is 4.74 Å². The molecule has 1 aromatic carbocycles. The number of rotatable bonds is 5. The Morgan fingerprint density at radius 2 is 2.07 bits per heavy atom. The van der Waals surface area contributed by atoms with Crippen molar-refractivity contribution in [3.05, 3.63) is 68.0 Å². The van der Waals surface area contributed by atoms with Gasteiger partial charge in [-0.2, -0.15) is 0 Å². The van der Waals surface area contributed by atoms with E-state index < -0.39 is 17.7 Å². The summed E-state index contributed by atoms with van der Waals surface area (Å²) in [4.78, 5) is 28.0. The number of hydrogen-bond donors (Lipinski definition) is 1. The van der Waals surface area contributed by atoms with Crippen LogP contribution in [0.1, 0.15) is 34.1 Å². The fourth-order valence-electron chi connectivity index (χ4n) is 3.61. The maximum absolute atomic E-state index is 13.1. The molecule has 1 aromatic heterocycles.